The zero-order valence-corrected chi connectivity index (χ0v) is 10.1. The molecule has 1 aromatic carbocycles. The molecule has 0 spiro atoms. The van der Waals surface area contributed by atoms with E-state index in [0.717, 1.165) is 11.1 Å². The molecule has 0 saturated heterocycles. The number of aromatic nitrogens is 2. The number of aliphatic hydroxyl groups is 1. The van der Waals surface area contributed by atoms with E-state index in [9.17, 15) is 0 Å². The Morgan fingerprint density at radius 1 is 1.41 bits per heavy atom. The Balaban J connectivity index is 2.19. The second-order valence-electron chi connectivity index (χ2n) is 3.82. The number of benzene rings is 1. The minimum Gasteiger partial charge on any atom is -0.396 e. The maximum Gasteiger partial charge on any atom is 0.125 e. The maximum atomic E-state index is 8.87. The normalized spacial score (nSPS) is 10.7. The van der Waals surface area contributed by atoms with Crippen LogP contribution in [0.25, 0.3) is 0 Å². The average Bonchev–Trinajstić information content (AvgIpc) is 2.62. The van der Waals surface area contributed by atoms with E-state index in [4.69, 9.17) is 22.4 Å². The highest BCUT2D eigenvalue weighted by Gasteiger charge is 2.07. The molecule has 0 fully saturated rings. The van der Waals surface area contributed by atoms with E-state index in [2.05, 4.69) is 5.10 Å². The molecule has 0 aliphatic heterocycles. The Labute approximate surface area is 105 Å². The summed E-state index contributed by atoms with van der Waals surface area (Å²) in [5.41, 5.74) is 7.85. The molecule has 1 heterocycles. The molecule has 4 nitrogen and oxygen atoms in total. The SMILES string of the molecule is Nc1c(CCO)cnn1Cc1cccc(Cl)c1. The lowest BCUT2D eigenvalue weighted by atomic mass is 10.2. The van der Waals surface area contributed by atoms with E-state index in [1.807, 2.05) is 24.3 Å². The van der Waals surface area contributed by atoms with E-state index in [0.29, 0.717) is 23.8 Å². The first kappa shape index (κ1) is 12.0. The van der Waals surface area contributed by atoms with E-state index < -0.39 is 0 Å². The third-order valence-electron chi connectivity index (χ3n) is 2.56. The molecular formula is C12H14ClN3O. The summed E-state index contributed by atoms with van der Waals surface area (Å²) in [5.74, 6) is 0.596. The molecule has 0 radical (unpaired) electrons. The van der Waals surface area contributed by atoms with Gasteiger partial charge in [0.15, 0.2) is 0 Å². The molecule has 17 heavy (non-hydrogen) atoms. The lowest BCUT2D eigenvalue weighted by Crippen LogP contribution is -2.07. The van der Waals surface area contributed by atoms with Gasteiger partial charge in [-0.2, -0.15) is 5.10 Å². The van der Waals surface area contributed by atoms with Crippen molar-refractivity contribution in [2.24, 2.45) is 0 Å². The number of nitrogens with zero attached hydrogens (tertiary/aromatic N) is 2. The Morgan fingerprint density at radius 2 is 2.24 bits per heavy atom. The van der Waals surface area contributed by atoms with Crippen molar-refractivity contribution >= 4 is 17.4 Å². The smallest absolute Gasteiger partial charge is 0.125 e. The fraction of sp³-hybridized carbons (Fsp3) is 0.250. The number of rotatable bonds is 4. The first-order valence-corrected chi connectivity index (χ1v) is 5.74. The number of anilines is 1. The van der Waals surface area contributed by atoms with Gasteiger partial charge >= 0.3 is 0 Å². The minimum atomic E-state index is 0.0764. The quantitative estimate of drug-likeness (QED) is 0.869. The van der Waals surface area contributed by atoms with Crippen molar-refractivity contribution in [2.45, 2.75) is 13.0 Å². The largest absolute Gasteiger partial charge is 0.396 e. The van der Waals surface area contributed by atoms with Crippen LogP contribution in [0.4, 0.5) is 5.82 Å². The molecule has 1 aromatic heterocycles. The number of aliphatic hydroxyl groups excluding tert-OH is 1. The predicted octanol–water partition coefficient (Wildman–Crippen LogP) is 1.70. The highest BCUT2D eigenvalue weighted by atomic mass is 35.5. The molecule has 90 valence electrons. The Bertz CT molecular complexity index is 510. The number of nitrogen functional groups attached to an aromatic ring is 1. The summed E-state index contributed by atoms with van der Waals surface area (Å²) in [6, 6.07) is 7.58. The maximum absolute atomic E-state index is 8.87. The predicted molar refractivity (Wildman–Crippen MR) is 68.0 cm³/mol. The summed E-state index contributed by atoms with van der Waals surface area (Å²) in [6.07, 6.45) is 2.22. The van der Waals surface area contributed by atoms with Gasteiger partial charge in [0.25, 0.3) is 0 Å². The van der Waals surface area contributed by atoms with Gasteiger partial charge < -0.3 is 10.8 Å². The highest BCUT2D eigenvalue weighted by molar-refractivity contribution is 6.30. The van der Waals surface area contributed by atoms with Crippen molar-refractivity contribution < 1.29 is 5.11 Å². The van der Waals surface area contributed by atoms with Crippen molar-refractivity contribution in [1.82, 2.24) is 9.78 Å². The summed E-state index contributed by atoms with van der Waals surface area (Å²) < 4.78 is 1.71. The van der Waals surface area contributed by atoms with Gasteiger partial charge in [0, 0.05) is 23.6 Å². The van der Waals surface area contributed by atoms with Crippen LogP contribution >= 0.6 is 11.6 Å². The van der Waals surface area contributed by atoms with Gasteiger partial charge in [-0.3, -0.25) is 0 Å². The third-order valence-corrected chi connectivity index (χ3v) is 2.80. The Kier molecular flexibility index (Phi) is 3.66. The number of hydrogen-bond acceptors (Lipinski definition) is 3. The molecule has 0 atom stereocenters. The summed E-state index contributed by atoms with van der Waals surface area (Å²) in [5, 5.41) is 13.8. The number of hydrogen-bond donors (Lipinski definition) is 2. The zero-order valence-electron chi connectivity index (χ0n) is 9.31. The van der Waals surface area contributed by atoms with Gasteiger partial charge in [-0.15, -0.1) is 0 Å². The topological polar surface area (TPSA) is 64.1 Å². The Hall–Kier alpha value is -1.52. The fourth-order valence-electron chi connectivity index (χ4n) is 1.68. The van der Waals surface area contributed by atoms with Gasteiger partial charge in [0.05, 0.1) is 12.7 Å². The fourth-order valence-corrected chi connectivity index (χ4v) is 1.89. The molecule has 3 N–H and O–H groups in total. The summed E-state index contributed by atoms with van der Waals surface area (Å²) in [6.45, 7) is 0.658. The highest BCUT2D eigenvalue weighted by Crippen LogP contribution is 2.16. The van der Waals surface area contributed by atoms with Crippen LogP contribution in [0.2, 0.25) is 5.02 Å². The standard InChI is InChI=1S/C12H14ClN3O/c13-11-3-1-2-9(6-11)8-16-12(14)10(4-5-17)7-15-16/h1-3,6-7,17H,4-5,8,14H2. The molecule has 0 unspecified atom stereocenters. The van der Waals surface area contributed by atoms with Crippen molar-refractivity contribution in [1.29, 1.82) is 0 Å². The van der Waals surface area contributed by atoms with Crippen LogP contribution in [0.1, 0.15) is 11.1 Å². The van der Waals surface area contributed by atoms with Crippen molar-refractivity contribution in [3.8, 4) is 0 Å². The second kappa shape index (κ2) is 5.21. The second-order valence-corrected chi connectivity index (χ2v) is 4.25. The molecule has 0 aliphatic carbocycles. The van der Waals surface area contributed by atoms with Gasteiger partial charge in [0.2, 0.25) is 0 Å². The third kappa shape index (κ3) is 2.78. The van der Waals surface area contributed by atoms with Gasteiger partial charge in [-0.25, -0.2) is 4.68 Å². The van der Waals surface area contributed by atoms with Crippen molar-refractivity contribution in [3.63, 3.8) is 0 Å². The van der Waals surface area contributed by atoms with Crippen LogP contribution in [0.3, 0.4) is 0 Å². The number of halogens is 1. The van der Waals surface area contributed by atoms with E-state index in [1.165, 1.54) is 0 Å². The van der Waals surface area contributed by atoms with Gasteiger partial charge in [0.1, 0.15) is 5.82 Å². The van der Waals surface area contributed by atoms with Crippen LogP contribution in [0.15, 0.2) is 30.5 Å². The molecule has 0 aliphatic rings. The molecule has 0 bridgehead atoms. The zero-order chi connectivity index (χ0) is 12.3. The molecular weight excluding hydrogens is 238 g/mol. The molecule has 0 amide bonds. The van der Waals surface area contributed by atoms with Crippen LogP contribution in [0.5, 0.6) is 0 Å². The average molecular weight is 252 g/mol. The molecule has 2 rings (SSSR count). The van der Waals surface area contributed by atoms with Crippen molar-refractivity contribution in [2.75, 3.05) is 12.3 Å². The molecule has 5 heteroatoms. The van der Waals surface area contributed by atoms with Crippen LogP contribution in [-0.2, 0) is 13.0 Å². The van der Waals surface area contributed by atoms with E-state index >= 15 is 0 Å². The van der Waals surface area contributed by atoms with Crippen LogP contribution < -0.4 is 5.73 Å². The minimum absolute atomic E-state index is 0.0764. The first-order valence-electron chi connectivity index (χ1n) is 5.36. The van der Waals surface area contributed by atoms with Crippen LogP contribution in [0, 0.1) is 0 Å². The first-order chi connectivity index (χ1) is 8.20. The van der Waals surface area contributed by atoms with Crippen molar-refractivity contribution in [3.05, 3.63) is 46.6 Å². The van der Waals surface area contributed by atoms with E-state index in [1.54, 1.807) is 10.9 Å². The van der Waals surface area contributed by atoms with Gasteiger partial charge in [-0.05, 0) is 17.7 Å². The lowest BCUT2D eigenvalue weighted by Gasteiger charge is -2.05. The Morgan fingerprint density at radius 3 is 2.94 bits per heavy atom. The summed E-state index contributed by atoms with van der Waals surface area (Å²) in [4.78, 5) is 0. The lowest BCUT2D eigenvalue weighted by molar-refractivity contribution is 0.300. The number of nitrogens with two attached hydrogens (primary N) is 1. The molecule has 2 aromatic rings. The van der Waals surface area contributed by atoms with Crippen LogP contribution in [-0.4, -0.2) is 21.5 Å². The summed E-state index contributed by atoms with van der Waals surface area (Å²) >= 11 is 5.91. The summed E-state index contributed by atoms with van der Waals surface area (Å²) in [7, 11) is 0. The van der Waals surface area contributed by atoms with E-state index in [-0.39, 0.29) is 6.61 Å². The van der Waals surface area contributed by atoms with Gasteiger partial charge in [-0.1, -0.05) is 23.7 Å². The molecule has 0 saturated carbocycles. The monoisotopic (exact) mass is 251 g/mol.